The third-order valence-corrected chi connectivity index (χ3v) is 6.07. The molecule has 1 saturated heterocycles. The van der Waals surface area contributed by atoms with Gasteiger partial charge in [-0.1, -0.05) is 6.07 Å². The Kier molecular flexibility index (Phi) is 2.66. The van der Waals surface area contributed by atoms with E-state index in [-0.39, 0.29) is 23.6 Å². The lowest BCUT2D eigenvalue weighted by atomic mass is 9.87. The number of hydrogen-bond donors (Lipinski definition) is 2. The number of nitrogens with zero attached hydrogens (tertiary/aromatic N) is 2. The Labute approximate surface area is 142 Å². The molecule has 5 rings (SSSR count). The number of thiophene rings is 1. The number of aliphatic imine (C=N–C) groups is 1. The first-order valence-corrected chi connectivity index (χ1v) is 8.77. The highest BCUT2D eigenvalue weighted by Crippen LogP contribution is 2.47. The second-order valence-electron chi connectivity index (χ2n) is 6.49. The van der Waals surface area contributed by atoms with Crippen LogP contribution >= 0.6 is 11.3 Å². The molecule has 1 aromatic carbocycles. The molecule has 3 aliphatic heterocycles. The number of fused-ring (bicyclic) bond motifs is 4. The second-order valence-corrected chi connectivity index (χ2v) is 7.41. The molecule has 1 fully saturated rings. The third kappa shape index (κ3) is 1.73. The average molecular weight is 342 g/mol. The largest absolute Gasteiger partial charge is 0.383 e. The Bertz CT molecular complexity index is 908. The molecule has 2 atom stereocenters. The van der Waals surface area contributed by atoms with Gasteiger partial charge in [0.15, 0.2) is 0 Å². The van der Waals surface area contributed by atoms with Crippen LogP contribution in [0.1, 0.15) is 39.7 Å². The van der Waals surface area contributed by atoms with Crippen LogP contribution in [0.5, 0.6) is 0 Å². The van der Waals surface area contributed by atoms with Gasteiger partial charge in [0, 0.05) is 25.1 Å². The molecule has 3 N–H and O–H groups in total. The highest BCUT2D eigenvalue weighted by Gasteiger charge is 2.49. The van der Waals surface area contributed by atoms with Crippen LogP contribution in [-0.2, 0) is 0 Å². The van der Waals surface area contributed by atoms with E-state index in [1.54, 1.807) is 6.07 Å². The number of halogens is 1. The number of rotatable bonds is 0. The van der Waals surface area contributed by atoms with Crippen molar-refractivity contribution in [1.29, 1.82) is 0 Å². The lowest BCUT2D eigenvalue weighted by Gasteiger charge is -2.44. The molecule has 0 bridgehead atoms. The molecule has 1 spiro atoms. The fourth-order valence-corrected chi connectivity index (χ4v) is 4.98. The fraction of sp³-hybridized carbons (Fsp3) is 0.294. The number of amidine groups is 1. The Morgan fingerprint density at radius 1 is 1.42 bits per heavy atom. The first kappa shape index (κ1) is 14.0. The normalized spacial score (nSPS) is 27.4. The van der Waals surface area contributed by atoms with Gasteiger partial charge in [-0.25, -0.2) is 9.38 Å². The van der Waals surface area contributed by atoms with E-state index in [4.69, 9.17) is 5.73 Å². The van der Waals surface area contributed by atoms with Crippen molar-refractivity contribution in [3.05, 3.63) is 51.5 Å². The van der Waals surface area contributed by atoms with Crippen LogP contribution in [0.3, 0.4) is 0 Å². The number of anilines is 1. The van der Waals surface area contributed by atoms with Crippen LogP contribution in [0.2, 0.25) is 0 Å². The topological polar surface area (TPSA) is 70.7 Å². The fourth-order valence-electron chi connectivity index (χ4n) is 4.07. The maximum Gasteiger partial charge on any atom is 0.264 e. The maximum atomic E-state index is 14.0. The molecule has 5 nitrogen and oxygen atoms in total. The zero-order valence-corrected chi connectivity index (χ0v) is 13.6. The van der Waals surface area contributed by atoms with Crippen LogP contribution in [0, 0.1) is 5.82 Å². The molecule has 1 amide bonds. The van der Waals surface area contributed by atoms with E-state index in [1.165, 1.54) is 17.4 Å². The minimum absolute atomic E-state index is 0.00617. The quantitative estimate of drug-likeness (QED) is 0.773. The standard InChI is InChI=1S/C17H15FN4OS/c18-10-2-1-3-11-13(10)15(19)21-17(20-11)5-6-22-12(8-17)9-4-7-24-14(9)16(22)23/h1-4,7,12,20H,5-6,8H2,(H2,19,21). The van der Waals surface area contributed by atoms with Gasteiger partial charge >= 0.3 is 0 Å². The van der Waals surface area contributed by atoms with Gasteiger partial charge in [0.1, 0.15) is 17.3 Å². The molecule has 1 aromatic heterocycles. The van der Waals surface area contributed by atoms with Gasteiger partial charge in [0.2, 0.25) is 0 Å². The molecule has 122 valence electrons. The van der Waals surface area contributed by atoms with E-state index in [9.17, 15) is 9.18 Å². The van der Waals surface area contributed by atoms with E-state index in [2.05, 4.69) is 10.3 Å². The Morgan fingerprint density at radius 3 is 3.17 bits per heavy atom. The number of piperidine rings is 1. The van der Waals surface area contributed by atoms with Crippen LogP contribution in [0.4, 0.5) is 10.1 Å². The van der Waals surface area contributed by atoms with E-state index in [0.717, 1.165) is 10.4 Å². The molecular formula is C17H15FN4OS. The molecule has 4 heterocycles. The minimum atomic E-state index is -0.587. The molecule has 2 aromatic rings. The minimum Gasteiger partial charge on any atom is -0.383 e. The molecule has 0 radical (unpaired) electrons. The Morgan fingerprint density at radius 2 is 2.29 bits per heavy atom. The lowest BCUT2D eigenvalue weighted by Crippen LogP contribution is -2.51. The molecule has 0 saturated carbocycles. The summed E-state index contributed by atoms with van der Waals surface area (Å²) in [5.74, 6) is -0.0334. The summed E-state index contributed by atoms with van der Waals surface area (Å²) in [5, 5.41) is 5.35. The summed E-state index contributed by atoms with van der Waals surface area (Å²) in [6.07, 6.45) is 1.29. The van der Waals surface area contributed by atoms with Gasteiger partial charge in [-0.05, 0) is 29.1 Å². The lowest BCUT2D eigenvalue weighted by molar-refractivity contribution is 0.0608. The van der Waals surface area contributed by atoms with E-state index in [1.807, 2.05) is 22.4 Å². The number of amides is 1. The monoisotopic (exact) mass is 342 g/mol. The average Bonchev–Trinajstić information content (AvgIpc) is 3.11. The summed E-state index contributed by atoms with van der Waals surface area (Å²) in [5.41, 5.74) is 7.58. The number of benzene rings is 1. The second kappa shape index (κ2) is 4.57. The Balaban J connectivity index is 1.56. The Hall–Kier alpha value is -2.41. The van der Waals surface area contributed by atoms with Gasteiger partial charge < -0.3 is 16.0 Å². The smallest absolute Gasteiger partial charge is 0.264 e. The number of carbonyl (C=O) groups excluding carboxylic acids is 1. The summed E-state index contributed by atoms with van der Waals surface area (Å²) in [6, 6.07) is 6.90. The predicted octanol–water partition coefficient (Wildman–Crippen LogP) is 2.71. The van der Waals surface area contributed by atoms with Gasteiger partial charge in [0.25, 0.3) is 5.91 Å². The van der Waals surface area contributed by atoms with E-state index < -0.39 is 5.66 Å². The van der Waals surface area contributed by atoms with E-state index in [0.29, 0.717) is 30.6 Å². The van der Waals surface area contributed by atoms with Crippen LogP contribution < -0.4 is 11.1 Å². The summed E-state index contributed by atoms with van der Waals surface area (Å²) in [7, 11) is 0. The van der Waals surface area contributed by atoms with Crippen LogP contribution in [0.25, 0.3) is 0 Å². The van der Waals surface area contributed by atoms with Crippen molar-refractivity contribution in [1.82, 2.24) is 4.90 Å². The highest BCUT2D eigenvalue weighted by atomic mass is 32.1. The predicted molar refractivity (Wildman–Crippen MR) is 90.8 cm³/mol. The number of hydrogen-bond acceptors (Lipinski definition) is 5. The summed E-state index contributed by atoms with van der Waals surface area (Å²) in [4.78, 5) is 19.9. The first-order chi connectivity index (χ1) is 11.6. The summed E-state index contributed by atoms with van der Waals surface area (Å²) in [6.45, 7) is 0.610. The van der Waals surface area contributed by atoms with Crippen molar-refractivity contribution in [3.8, 4) is 0 Å². The van der Waals surface area contributed by atoms with Gasteiger partial charge in [-0.15, -0.1) is 11.3 Å². The van der Waals surface area contributed by atoms with Crippen molar-refractivity contribution in [3.63, 3.8) is 0 Å². The van der Waals surface area contributed by atoms with E-state index >= 15 is 0 Å². The number of nitrogens with two attached hydrogens (primary N) is 1. The molecule has 0 aliphatic carbocycles. The molecular weight excluding hydrogens is 327 g/mol. The van der Waals surface area contributed by atoms with Crippen molar-refractivity contribution >= 4 is 28.8 Å². The molecule has 24 heavy (non-hydrogen) atoms. The van der Waals surface area contributed by atoms with Crippen molar-refractivity contribution < 1.29 is 9.18 Å². The third-order valence-electron chi connectivity index (χ3n) is 5.15. The molecule has 7 heteroatoms. The highest BCUT2D eigenvalue weighted by molar-refractivity contribution is 7.12. The van der Waals surface area contributed by atoms with Crippen molar-refractivity contribution in [2.24, 2.45) is 10.7 Å². The maximum absolute atomic E-state index is 14.0. The summed E-state index contributed by atoms with van der Waals surface area (Å²) < 4.78 is 14.0. The van der Waals surface area contributed by atoms with Gasteiger partial charge in [-0.2, -0.15) is 0 Å². The number of carbonyl (C=O) groups is 1. The van der Waals surface area contributed by atoms with Crippen molar-refractivity contribution in [2.75, 3.05) is 11.9 Å². The van der Waals surface area contributed by atoms with Crippen molar-refractivity contribution in [2.45, 2.75) is 24.5 Å². The first-order valence-electron chi connectivity index (χ1n) is 7.89. The van der Waals surface area contributed by atoms with Crippen LogP contribution in [0.15, 0.2) is 34.6 Å². The van der Waals surface area contributed by atoms with Gasteiger partial charge in [0.05, 0.1) is 16.5 Å². The van der Waals surface area contributed by atoms with Crippen LogP contribution in [-0.4, -0.2) is 28.9 Å². The van der Waals surface area contributed by atoms with Gasteiger partial charge in [-0.3, -0.25) is 4.79 Å². The molecule has 2 unspecified atom stereocenters. The SMILES string of the molecule is NC1=NC2(CCN3C(=O)c4sccc4C3C2)Nc2cccc(F)c21. The zero-order valence-electron chi connectivity index (χ0n) is 12.8. The molecule has 3 aliphatic rings. The summed E-state index contributed by atoms with van der Waals surface area (Å²) >= 11 is 1.49. The zero-order chi connectivity index (χ0) is 16.5. The number of nitrogens with one attached hydrogen (secondary N) is 1.